The summed E-state index contributed by atoms with van der Waals surface area (Å²) in [6.07, 6.45) is 0. The predicted octanol–water partition coefficient (Wildman–Crippen LogP) is 3.94. The fraction of sp³-hybridized carbons (Fsp3) is 0.333. The molecular formula is C18H23NO2. The second-order valence-corrected chi connectivity index (χ2v) is 5.11. The van der Waals surface area contributed by atoms with Gasteiger partial charge in [-0.1, -0.05) is 30.3 Å². The van der Waals surface area contributed by atoms with Crippen LogP contribution in [0, 0.1) is 13.8 Å². The number of ether oxygens (including phenoxy) is 2. The zero-order chi connectivity index (χ0) is 15.1. The molecule has 0 unspecified atom stereocenters. The Morgan fingerprint density at radius 2 is 1.67 bits per heavy atom. The van der Waals surface area contributed by atoms with E-state index in [9.17, 15) is 0 Å². The van der Waals surface area contributed by atoms with Gasteiger partial charge in [-0.25, -0.2) is 0 Å². The molecule has 0 aliphatic rings. The number of anilines is 1. The number of aryl methyl sites for hydroxylation is 2. The fourth-order valence-corrected chi connectivity index (χ4v) is 2.27. The molecule has 0 saturated heterocycles. The molecule has 21 heavy (non-hydrogen) atoms. The normalized spacial score (nSPS) is 10.4. The highest BCUT2D eigenvalue weighted by Crippen LogP contribution is 2.21. The van der Waals surface area contributed by atoms with E-state index in [1.807, 2.05) is 12.1 Å². The van der Waals surface area contributed by atoms with E-state index >= 15 is 0 Å². The summed E-state index contributed by atoms with van der Waals surface area (Å²) in [5, 5.41) is 3.51. The van der Waals surface area contributed by atoms with E-state index in [1.165, 1.54) is 22.4 Å². The Hall–Kier alpha value is -2.00. The van der Waals surface area contributed by atoms with Gasteiger partial charge in [0.2, 0.25) is 0 Å². The van der Waals surface area contributed by atoms with Gasteiger partial charge in [-0.15, -0.1) is 0 Å². The quantitative estimate of drug-likeness (QED) is 0.782. The van der Waals surface area contributed by atoms with Gasteiger partial charge in [0.15, 0.2) is 0 Å². The van der Waals surface area contributed by atoms with Gasteiger partial charge in [-0.05, 0) is 42.7 Å². The van der Waals surface area contributed by atoms with Gasteiger partial charge in [0.1, 0.15) is 12.4 Å². The van der Waals surface area contributed by atoms with Gasteiger partial charge < -0.3 is 14.8 Å². The van der Waals surface area contributed by atoms with Gasteiger partial charge >= 0.3 is 0 Å². The van der Waals surface area contributed by atoms with E-state index in [0.29, 0.717) is 13.2 Å². The van der Waals surface area contributed by atoms with E-state index in [0.717, 1.165) is 12.3 Å². The molecule has 2 aromatic rings. The molecular weight excluding hydrogens is 262 g/mol. The molecule has 0 aliphatic carbocycles. The molecule has 3 nitrogen and oxygen atoms in total. The van der Waals surface area contributed by atoms with Crippen LogP contribution in [-0.4, -0.2) is 20.3 Å². The topological polar surface area (TPSA) is 30.5 Å². The molecule has 0 fully saturated rings. The maximum Gasteiger partial charge on any atom is 0.119 e. The Morgan fingerprint density at radius 1 is 0.952 bits per heavy atom. The smallest absolute Gasteiger partial charge is 0.119 e. The van der Waals surface area contributed by atoms with Crippen molar-refractivity contribution >= 4 is 5.69 Å². The maximum atomic E-state index is 5.63. The van der Waals surface area contributed by atoms with Crippen LogP contribution >= 0.6 is 0 Å². The summed E-state index contributed by atoms with van der Waals surface area (Å²) in [6.45, 7) is 6.21. The zero-order valence-corrected chi connectivity index (χ0v) is 13.0. The molecule has 0 heterocycles. The van der Waals surface area contributed by atoms with Crippen molar-refractivity contribution < 1.29 is 9.47 Å². The standard InChI is InChI=1S/C18H23NO2/c1-14-6-4-7-15(2)18(14)19-13-16-8-5-9-17(12-16)21-11-10-20-3/h4-9,12,19H,10-11,13H2,1-3H3. The average molecular weight is 285 g/mol. The number of hydrogen-bond donors (Lipinski definition) is 1. The van der Waals surface area contributed by atoms with Crippen molar-refractivity contribution in [2.45, 2.75) is 20.4 Å². The van der Waals surface area contributed by atoms with Crippen LogP contribution in [0.25, 0.3) is 0 Å². The number of methoxy groups -OCH3 is 1. The van der Waals surface area contributed by atoms with E-state index < -0.39 is 0 Å². The molecule has 112 valence electrons. The van der Waals surface area contributed by atoms with E-state index in [2.05, 4.69) is 49.5 Å². The lowest BCUT2D eigenvalue weighted by atomic mass is 10.1. The second-order valence-electron chi connectivity index (χ2n) is 5.11. The second kappa shape index (κ2) is 7.70. The highest BCUT2D eigenvalue weighted by atomic mass is 16.5. The lowest BCUT2D eigenvalue weighted by Crippen LogP contribution is -2.05. The molecule has 0 amide bonds. The highest BCUT2D eigenvalue weighted by molar-refractivity contribution is 5.56. The summed E-state index contributed by atoms with van der Waals surface area (Å²) < 4.78 is 10.6. The maximum absolute atomic E-state index is 5.63. The van der Waals surface area contributed by atoms with Crippen LogP contribution in [0.15, 0.2) is 42.5 Å². The van der Waals surface area contributed by atoms with Crippen molar-refractivity contribution in [1.29, 1.82) is 0 Å². The van der Waals surface area contributed by atoms with Crippen LogP contribution < -0.4 is 10.1 Å². The van der Waals surface area contributed by atoms with Crippen LogP contribution in [-0.2, 0) is 11.3 Å². The number of para-hydroxylation sites is 1. The molecule has 1 N–H and O–H groups in total. The lowest BCUT2D eigenvalue weighted by Gasteiger charge is -2.13. The number of benzene rings is 2. The van der Waals surface area contributed by atoms with E-state index in [4.69, 9.17) is 9.47 Å². The first-order chi connectivity index (χ1) is 10.2. The minimum atomic E-state index is 0.574. The third kappa shape index (κ3) is 4.50. The van der Waals surface area contributed by atoms with Crippen molar-refractivity contribution in [3.8, 4) is 5.75 Å². The van der Waals surface area contributed by atoms with E-state index in [1.54, 1.807) is 7.11 Å². The van der Waals surface area contributed by atoms with Crippen molar-refractivity contribution in [1.82, 2.24) is 0 Å². The van der Waals surface area contributed by atoms with Gasteiger partial charge in [-0.2, -0.15) is 0 Å². The molecule has 0 atom stereocenters. The first kappa shape index (κ1) is 15.4. The first-order valence-corrected chi connectivity index (χ1v) is 7.21. The Balaban J connectivity index is 1.98. The monoisotopic (exact) mass is 285 g/mol. The molecule has 0 bridgehead atoms. The minimum Gasteiger partial charge on any atom is -0.491 e. The Bertz CT molecular complexity index is 561. The summed E-state index contributed by atoms with van der Waals surface area (Å²) in [4.78, 5) is 0. The molecule has 3 heteroatoms. The Morgan fingerprint density at radius 3 is 2.38 bits per heavy atom. The van der Waals surface area contributed by atoms with Crippen molar-refractivity contribution in [3.05, 3.63) is 59.2 Å². The molecule has 0 aromatic heterocycles. The molecule has 0 spiro atoms. The summed E-state index contributed by atoms with van der Waals surface area (Å²) in [5.41, 5.74) is 4.95. The molecule has 0 aliphatic heterocycles. The summed E-state index contributed by atoms with van der Waals surface area (Å²) in [6, 6.07) is 14.5. The first-order valence-electron chi connectivity index (χ1n) is 7.21. The number of rotatable bonds is 7. The van der Waals surface area contributed by atoms with Crippen LogP contribution in [0.3, 0.4) is 0 Å². The van der Waals surface area contributed by atoms with Gasteiger partial charge in [-0.3, -0.25) is 0 Å². The van der Waals surface area contributed by atoms with Crippen LogP contribution in [0.1, 0.15) is 16.7 Å². The van der Waals surface area contributed by atoms with Crippen LogP contribution in [0.5, 0.6) is 5.75 Å². The Labute approximate surface area is 126 Å². The zero-order valence-electron chi connectivity index (χ0n) is 13.0. The summed E-state index contributed by atoms with van der Waals surface area (Å²) in [7, 11) is 1.67. The number of nitrogens with one attached hydrogen (secondary N) is 1. The van der Waals surface area contributed by atoms with Crippen LogP contribution in [0.4, 0.5) is 5.69 Å². The van der Waals surface area contributed by atoms with Gasteiger partial charge in [0.25, 0.3) is 0 Å². The SMILES string of the molecule is COCCOc1cccc(CNc2c(C)cccc2C)c1. The molecule has 0 saturated carbocycles. The van der Waals surface area contributed by atoms with Gasteiger partial charge in [0.05, 0.1) is 6.61 Å². The van der Waals surface area contributed by atoms with Crippen LogP contribution in [0.2, 0.25) is 0 Å². The summed E-state index contributed by atoms with van der Waals surface area (Å²) >= 11 is 0. The molecule has 2 rings (SSSR count). The largest absolute Gasteiger partial charge is 0.491 e. The molecule has 2 aromatic carbocycles. The average Bonchev–Trinajstić information content (AvgIpc) is 2.47. The highest BCUT2D eigenvalue weighted by Gasteiger charge is 2.02. The predicted molar refractivity (Wildman–Crippen MR) is 87.1 cm³/mol. The lowest BCUT2D eigenvalue weighted by molar-refractivity contribution is 0.146. The summed E-state index contributed by atoms with van der Waals surface area (Å²) in [5.74, 6) is 0.882. The third-order valence-corrected chi connectivity index (χ3v) is 3.41. The van der Waals surface area contributed by atoms with Crippen molar-refractivity contribution in [2.75, 3.05) is 25.6 Å². The Kier molecular flexibility index (Phi) is 5.64. The fourth-order valence-electron chi connectivity index (χ4n) is 2.27. The van der Waals surface area contributed by atoms with Crippen molar-refractivity contribution in [2.24, 2.45) is 0 Å². The van der Waals surface area contributed by atoms with Gasteiger partial charge in [0, 0.05) is 19.3 Å². The van der Waals surface area contributed by atoms with E-state index in [-0.39, 0.29) is 0 Å². The third-order valence-electron chi connectivity index (χ3n) is 3.41. The van der Waals surface area contributed by atoms with Crippen molar-refractivity contribution in [3.63, 3.8) is 0 Å². The minimum absolute atomic E-state index is 0.574. The number of hydrogen-bond acceptors (Lipinski definition) is 3. The molecule has 0 radical (unpaired) electrons.